The van der Waals surface area contributed by atoms with Gasteiger partial charge in [-0.05, 0) is 51.0 Å². The molecule has 1 N–H and O–H groups in total. The average molecular weight is 477 g/mol. The predicted octanol–water partition coefficient (Wildman–Crippen LogP) is 4.93. The molecule has 0 bridgehead atoms. The van der Waals surface area contributed by atoms with Crippen molar-refractivity contribution in [3.63, 3.8) is 0 Å². The number of aryl methyl sites for hydroxylation is 1. The lowest BCUT2D eigenvalue weighted by Crippen LogP contribution is -2.49. The summed E-state index contributed by atoms with van der Waals surface area (Å²) in [6, 6.07) is 15.7. The lowest BCUT2D eigenvalue weighted by atomic mass is 10.1. The van der Waals surface area contributed by atoms with Gasteiger partial charge in [-0.2, -0.15) is 0 Å². The molecule has 0 spiro atoms. The van der Waals surface area contributed by atoms with Gasteiger partial charge in [-0.25, -0.2) is 0 Å². The van der Waals surface area contributed by atoms with Gasteiger partial charge in [-0.3, -0.25) is 9.59 Å². The van der Waals surface area contributed by atoms with E-state index < -0.39 is 6.04 Å². The first-order valence-electron chi connectivity index (χ1n) is 9.74. The molecule has 0 aromatic heterocycles. The highest BCUT2D eigenvalue weighted by Gasteiger charge is 2.26. The van der Waals surface area contributed by atoms with Crippen molar-refractivity contribution in [1.82, 2.24) is 10.2 Å². The lowest BCUT2D eigenvalue weighted by molar-refractivity contribution is -0.138. The van der Waals surface area contributed by atoms with Crippen LogP contribution in [0.2, 0.25) is 0 Å². The Kier molecular flexibility index (Phi) is 9.24. The van der Waals surface area contributed by atoms with Crippen molar-refractivity contribution in [3.8, 4) is 0 Å². The zero-order valence-corrected chi connectivity index (χ0v) is 19.8. The monoisotopic (exact) mass is 476 g/mol. The van der Waals surface area contributed by atoms with Gasteiger partial charge in [0.05, 0.1) is 5.75 Å². The minimum Gasteiger partial charge on any atom is -0.352 e. The van der Waals surface area contributed by atoms with Crippen molar-refractivity contribution in [2.24, 2.45) is 0 Å². The molecule has 0 aliphatic carbocycles. The van der Waals surface area contributed by atoms with Gasteiger partial charge in [-0.1, -0.05) is 57.9 Å². The first-order valence-corrected chi connectivity index (χ1v) is 11.7. The molecular weight excluding hydrogens is 448 g/mol. The second-order valence-corrected chi connectivity index (χ2v) is 9.37. The molecule has 0 aliphatic rings. The summed E-state index contributed by atoms with van der Waals surface area (Å²) in [6.45, 7) is 8.09. The molecule has 0 fully saturated rings. The van der Waals surface area contributed by atoms with Crippen molar-refractivity contribution in [2.45, 2.75) is 52.1 Å². The fourth-order valence-corrected chi connectivity index (χ4v) is 3.93. The summed E-state index contributed by atoms with van der Waals surface area (Å²) in [5.41, 5.74) is 3.36. The number of thioether (sulfide) groups is 1. The van der Waals surface area contributed by atoms with Gasteiger partial charge < -0.3 is 10.2 Å². The van der Waals surface area contributed by atoms with Crippen LogP contribution in [0.25, 0.3) is 0 Å². The van der Waals surface area contributed by atoms with Crippen LogP contribution in [0.3, 0.4) is 0 Å². The molecule has 2 aromatic rings. The van der Waals surface area contributed by atoms with E-state index in [0.29, 0.717) is 12.3 Å². The summed E-state index contributed by atoms with van der Waals surface area (Å²) >= 11 is 5.00. The molecule has 1 atom stereocenters. The normalized spacial score (nSPS) is 11.9. The molecule has 4 nitrogen and oxygen atoms in total. The first kappa shape index (κ1) is 23.5. The molecule has 0 saturated heterocycles. The largest absolute Gasteiger partial charge is 0.352 e. The summed E-state index contributed by atoms with van der Waals surface area (Å²) in [5.74, 6) is 0.933. The van der Waals surface area contributed by atoms with Gasteiger partial charge in [0, 0.05) is 22.8 Å². The van der Waals surface area contributed by atoms with Crippen LogP contribution < -0.4 is 5.32 Å². The zero-order valence-electron chi connectivity index (χ0n) is 17.4. The van der Waals surface area contributed by atoms with E-state index in [1.807, 2.05) is 69.3 Å². The third-order valence-corrected chi connectivity index (χ3v) is 6.00. The number of carbonyl (C=O) groups excluding carboxylic acids is 2. The van der Waals surface area contributed by atoms with E-state index in [9.17, 15) is 9.59 Å². The van der Waals surface area contributed by atoms with Crippen LogP contribution in [-0.4, -0.2) is 34.6 Å². The molecular formula is C23H29BrN2O2S. The minimum absolute atomic E-state index is 0.0286. The van der Waals surface area contributed by atoms with E-state index in [0.717, 1.165) is 15.8 Å². The Morgan fingerprint density at radius 2 is 1.59 bits per heavy atom. The second-order valence-electron chi connectivity index (χ2n) is 7.47. The fraction of sp³-hybridized carbons (Fsp3) is 0.391. The van der Waals surface area contributed by atoms with Crippen LogP contribution in [-0.2, 0) is 21.9 Å². The number of halogens is 1. The van der Waals surface area contributed by atoms with E-state index in [2.05, 4.69) is 21.2 Å². The van der Waals surface area contributed by atoms with Gasteiger partial charge >= 0.3 is 0 Å². The maximum atomic E-state index is 13.0. The summed E-state index contributed by atoms with van der Waals surface area (Å²) in [4.78, 5) is 27.2. The molecule has 0 unspecified atom stereocenters. The van der Waals surface area contributed by atoms with Gasteiger partial charge in [0.2, 0.25) is 11.8 Å². The summed E-state index contributed by atoms with van der Waals surface area (Å²) in [6.07, 6.45) is 0. The molecule has 6 heteroatoms. The SMILES string of the molecule is Cc1ccc(CN(C(=O)CSCc2ccc(Br)cc2)[C@@H](C)C(=O)NC(C)C)cc1. The molecule has 156 valence electrons. The highest BCUT2D eigenvalue weighted by atomic mass is 79.9. The molecule has 0 aliphatic heterocycles. The fourth-order valence-electron chi connectivity index (χ4n) is 2.80. The highest BCUT2D eigenvalue weighted by Crippen LogP contribution is 2.18. The zero-order chi connectivity index (χ0) is 21.4. The highest BCUT2D eigenvalue weighted by molar-refractivity contribution is 9.10. The third kappa shape index (κ3) is 7.86. The Balaban J connectivity index is 2.05. The third-order valence-electron chi connectivity index (χ3n) is 4.48. The molecule has 0 radical (unpaired) electrons. The topological polar surface area (TPSA) is 49.4 Å². The van der Waals surface area contributed by atoms with Crippen molar-refractivity contribution < 1.29 is 9.59 Å². The van der Waals surface area contributed by atoms with Gasteiger partial charge in [-0.15, -0.1) is 11.8 Å². The Morgan fingerprint density at radius 1 is 1.00 bits per heavy atom. The van der Waals surface area contributed by atoms with Crippen molar-refractivity contribution in [3.05, 3.63) is 69.7 Å². The quantitative estimate of drug-likeness (QED) is 0.557. The molecule has 2 amide bonds. The van der Waals surface area contributed by atoms with Gasteiger partial charge in [0.25, 0.3) is 0 Å². The second kappa shape index (κ2) is 11.4. The molecule has 2 rings (SSSR count). The summed E-state index contributed by atoms with van der Waals surface area (Å²) < 4.78 is 1.04. The summed E-state index contributed by atoms with van der Waals surface area (Å²) in [7, 11) is 0. The predicted molar refractivity (Wildman–Crippen MR) is 125 cm³/mol. The van der Waals surface area contributed by atoms with Gasteiger partial charge in [0.15, 0.2) is 0 Å². The van der Waals surface area contributed by atoms with Crippen LogP contribution >= 0.6 is 27.7 Å². The Hall–Kier alpha value is -1.79. The van der Waals surface area contributed by atoms with Gasteiger partial charge in [0.1, 0.15) is 6.04 Å². The van der Waals surface area contributed by atoms with E-state index in [1.54, 1.807) is 23.6 Å². The van der Waals surface area contributed by atoms with Crippen molar-refractivity contribution >= 4 is 39.5 Å². The number of hydrogen-bond acceptors (Lipinski definition) is 3. The molecule has 2 aromatic carbocycles. The van der Waals surface area contributed by atoms with E-state index in [4.69, 9.17) is 0 Å². The number of nitrogens with zero attached hydrogens (tertiary/aromatic N) is 1. The summed E-state index contributed by atoms with van der Waals surface area (Å²) in [5, 5.41) is 2.92. The van der Waals surface area contributed by atoms with E-state index in [-0.39, 0.29) is 17.9 Å². The number of rotatable bonds is 9. The molecule has 0 heterocycles. The van der Waals surface area contributed by atoms with Crippen LogP contribution in [0.1, 0.15) is 37.5 Å². The lowest BCUT2D eigenvalue weighted by Gasteiger charge is -2.29. The maximum Gasteiger partial charge on any atom is 0.242 e. The minimum atomic E-state index is -0.528. The number of amides is 2. The Labute approximate surface area is 186 Å². The van der Waals surface area contributed by atoms with Crippen molar-refractivity contribution in [2.75, 3.05) is 5.75 Å². The van der Waals surface area contributed by atoms with Crippen LogP contribution in [0.15, 0.2) is 53.0 Å². The number of carbonyl (C=O) groups is 2. The van der Waals surface area contributed by atoms with E-state index in [1.165, 1.54) is 11.1 Å². The van der Waals surface area contributed by atoms with E-state index >= 15 is 0 Å². The Bertz CT molecular complexity index is 807. The Morgan fingerprint density at radius 3 is 2.17 bits per heavy atom. The van der Waals surface area contributed by atoms with Crippen LogP contribution in [0, 0.1) is 6.92 Å². The number of hydrogen-bond donors (Lipinski definition) is 1. The first-order chi connectivity index (χ1) is 13.8. The smallest absolute Gasteiger partial charge is 0.242 e. The van der Waals surface area contributed by atoms with Crippen molar-refractivity contribution in [1.29, 1.82) is 0 Å². The number of nitrogens with one attached hydrogen (secondary N) is 1. The van der Waals surface area contributed by atoms with Crippen LogP contribution in [0.4, 0.5) is 0 Å². The number of benzene rings is 2. The molecule has 29 heavy (non-hydrogen) atoms. The average Bonchev–Trinajstić information content (AvgIpc) is 2.68. The standard InChI is InChI=1S/C23H29BrN2O2S/c1-16(2)25-23(28)18(4)26(13-19-7-5-17(3)6-8-19)22(27)15-29-14-20-9-11-21(24)12-10-20/h5-12,16,18H,13-15H2,1-4H3,(H,25,28)/t18-/m0/s1. The molecule has 0 saturated carbocycles. The maximum absolute atomic E-state index is 13.0. The van der Waals surface area contributed by atoms with Crippen LogP contribution in [0.5, 0.6) is 0 Å².